The molecule has 1 aromatic heterocycles. The zero-order valence-electron chi connectivity index (χ0n) is 13.9. The quantitative estimate of drug-likeness (QED) is 0.497. The highest BCUT2D eigenvalue weighted by Crippen LogP contribution is 2.25. The third kappa shape index (κ3) is 4.68. The lowest BCUT2D eigenvalue weighted by Crippen LogP contribution is -2.38. The lowest BCUT2D eigenvalue weighted by atomic mass is 10.2. The Morgan fingerprint density at radius 3 is 2.67 bits per heavy atom. The Morgan fingerprint density at radius 2 is 2.08 bits per heavy atom. The van der Waals surface area contributed by atoms with E-state index in [1.54, 1.807) is 40.6 Å². The first-order valence-corrected chi connectivity index (χ1v) is 9.39. The maximum atomic E-state index is 12.4. The van der Waals surface area contributed by atoms with E-state index in [-0.39, 0.29) is 11.7 Å². The number of aromatic nitrogens is 1. The molecule has 24 heavy (non-hydrogen) atoms. The molecule has 2 rings (SSSR count). The fourth-order valence-electron chi connectivity index (χ4n) is 2.25. The summed E-state index contributed by atoms with van der Waals surface area (Å²) in [6.07, 6.45) is 6.27. The summed E-state index contributed by atoms with van der Waals surface area (Å²) in [6, 6.07) is 3.75. The maximum Gasteiger partial charge on any atom is 0.311 e. The lowest BCUT2D eigenvalue weighted by molar-refractivity contribution is -0.373. The van der Waals surface area contributed by atoms with Gasteiger partial charge in [-0.25, -0.2) is 0 Å². The SMILES string of the molecule is CCN(C(=O)CCSCCC(C)=O)C1=C[N+](c2cccnc2)=C1Cl. The number of pyridine rings is 1. The summed E-state index contributed by atoms with van der Waals surface area (Å²) in [5.74, 6) is 1.70. The number of hydrogen-bond donors (Lipinski definition) is 0. The zero-order chi connectivity index (χ0) is 17.5. The van der Waals surface area contributed by atoms with Gasteiger partial charge in [0.15, 0.2) is 5.70 Å². The second-order valence-electron chi connectivity index (χ2n) is 5.34. The molecule has 1 aliphatic heterocycles. The second kappa shape index (κ2) is 8.99. The van der Waals surface area contributed by atoms with Crippen molar-refractivity contribution in [3.63, 3.8) is 0 Å². The number of thioether (sulfide) groups is 1. The average molecular weight is 367 g/mol. The molecule has 0 unspecified atom stereocenters. The number of carbonyl (C=O) groups excluding carboxylic acids is 2. The van der Waals surface area contributed by atoms with Crippen LogP contribution in [-0.2, 0) is 9.59 Å². The normalized spacial score (nSPS) is 13.4. The summed E-state index contributed by atoms with van der Waals surface area (Å²) in [7, 11) is 0. The molecule has 1 aromatic rings. The highest BCUT2D eigenvalue weighted by Gasteiger charge is 2.36. The van der Waals surface area contributed by atoms with Crippen LogP contribution in [0.2, 0.25) is 0 Å². The Morgan fingerprint density at radius 1 is 1.33 bits per heavy atom. The summed E-state index contributed by atoms with van der Waals surface area (Å²) in [5.41, 5.74) is 1.61. The van der Waals surface area contributed by atoms with Gasteiger partial charge < -0.3 is 4.90 Å². The molecule has 0 fully saturated rings. The van der Waals surface area contributed by atoms with Gasteiger partial charge in [0.1, 0.15) is 5.78 Å². The summed E-state index contributed by atoms with van der Waals surface area (Å²) < 4.78 is 1.81. The van der Waals surface area contributed by atoms with Gasteiger partial charge in [0.05, 0.1) is 6.20 Å². The van der Waals surface area contributed by atoms with E-state index in [1.807, 2.05) is 25.3 Å². The highest BCUT2D eigenvalue weighted by atomic mass is 35.5. The molecule has 7 heteroatoms. The molecule has 0 aromatic carbocycles. The molecule has 0 radical (unpaired) electrons. The average Bonchev–Trinajstić information content (AvgIpc) is 2.57. The van der Waals surface area contributed by atoms with E-state index in [1.165, 1.54) is 0 Å². The smallest absolute Gasteiger partial charge is 0.301 e. The molecule has 0 bridgehead atoms. The van der Waals surface area contributed by atoms with E-state index in [0.717, 1.165) is 17.1 Å². The Kier molecular flexibility index (Phi) is 6.99. The van der Waals surface area contributed by atoms with Crippen LogP contribution in [0.1, 0.15) is 26.7 Å². The van der Waals surface area contributed by atoms with E-state index in [2.05, 4.69) is 4.98 Å². The number of carbonyl (C=O) groups is 2. The van der Waals surface area contributed by atoms with Crippen LogP contribution in [0.15, 0.2) is 36.4 Å². The zero-order valence-corrected chi connectivity index (χ0v) is 15.4. The van der Waals surface area contributed by atoms with Crippen LogP contribution in [-0.4, -0.2) is 49.4 Å². The number of allylic oxidation sites excluding steroid dienone is 1. The molecule has 0 N–H and O–H groups in total. The fourth-order valence-corrected chi connectivity index (χ4v) is 3.50. The molecule has 0 saturated carbocycles. The Bertz CT molecular complexity index is 674. The predicted molar refractivity (Wildman–Crippen MR) is 97.7 cm³/mol. The van der Waals surface area contributed by atoms with Gasteiger partial charge in [-0.1, -0.05) is 0 Å². The van der Waals surface area contributed by atoms with Crippen molar-refractivity contribution in [1.82, 2.24) is 9.88 Å². The number of hydrogen-bond acceptors (Lipinski definition) is 4. The van der Waals surface area contributed by atoms with Gasteiger partial charge in [-0.2, -0.15) is 11.8 Å². The van der Waals surface area contributed by atoms with E-state index >= 15 is 0 Å². The minimum absolute atomic E-state index is 0.0445. The number of amides is 1. The van der Waals surface area contributed by atoms with Crippen LogP contribution < -0.4 is 0 Å². The van der Waals surface area contributed by atoms with Crippen molar-refractivity contribution < 1.29 is 14.2 Å². The number of rotatable bonds is 9. The fraction of sp³-hybridized carbons (Fsp3) is 0.412. The van der Waals surface area contributed by atoms with Gasteiger partial charge in [-0.3, -0.25) is 14.6 Å². The first-order valence-electron chi connectivity index (χ1n) is 7.86. The van der Waals surface area contributed by atoms with Gasteiger partial charge in [0.2, 0.25) is 17.8 Å². The van der Waals surface area contributed by atoms with E-state index < -0.39 is 0 Å². The number of Topliss-reactive ketones (excluding diaryl/α,β-unsaturated/α-hetero) is 1. The Balaban J connectivity index is 1.88. The van der Waals surface area contributed by atoms with Crippen LogP contribution >= 0.6 is 23.4 Å². The summed E-state index contributed by atoms with van der Waals surface area (Å²) in [6.45, 7) is 4.08. The van der Waals surface area contributed by atoms with Gasteiger partial charge in [0.25, 0.3) is 0 Å². The minimum atomic E-state index is 0.0445. The Labute approximate surface area is 151 Å². The molecular weight excluding hydrogens is 346 g/mol. The van der Waals surface area contributed by atoms with Crippen molar-refractivity contribution in [1.29, 1.82) is 0 Å². The molecule has 0 spiro atoms. The molecule has 0 aliphatic carbocycles. The van der Waals surface area contributed by atoms with Crippen molar-refractivity contribution in [3.05, 3.63) is 36.4 Å². The van der Waals surface area contributed by atoms with E-state index in [0.29, 0.717) is 30.3 Å². The van der Waals surface area contributed by atoms with E-state index in [9.17, 15) is 9.59 Å². The van der Waals surface area contributed by atoms with Gasteiger partial charge in [-0.15, -0.1) is 4.58 Å². The van der Waals surface area contributed by atoms with Crippen molar-refractivity contribution in [2.75, 3.05) is 18.1 Å². The summed E-state index contributed by atoms with van der Waals surface area (Å²) >= 11 is 7.99. The molecule has 2 heterocycles. The van der Waals surface area contributed by atoms with E-state index in [4.69, 9.17) is 11.6 Å². The third-order valence-corrected chi connectivity index (χ3v) is 4.93. The van der Waals surface area contributed by atoms with Crippen LogP contribution in [0.25, 0.3) is 0 Å². The van der Waals surface area contributed by atoms with Crippen molar-refractivity contribution >= 4 is 45.9 Å². The predicted octanol–water partition coefficient (Wildman–Crippen LogP) is 3.17. The minimum Gasteiger partial charge on any atom is -0.301 e. The summed E-state index contributed by atoms with van der Waals surface area (Å²) in [4.78, 5) is 29.1. The number of halogens is 1. The number of ketones is 1. The first-order chi connectivity index (χ1) is 11.5. The summed E-state index contributed by atoms with van der Waals surface area (Å²) in [5, 5.41) is 0.530. The van der Waals surface area contributed by atoms with Crippen LogP contribution in [0.4, 0.5) is 5.69 Å². The Hall–Kier alpha value is -1.66. The van der Waals surface area contributed by atoms with Gasteiger partial charge in [0, 0.05) is 43.2 Å². The van der Waals surface area contributed by atoms with Gasteiger partial charge in [-0.05, 0) is 31.5 Å². The largest absolute Gasteiger partial charge is 0.311 e. The monoisotopic (exact) mass is 366 g/mol. The van der Waals surface area contributed by atoms with Crippen molar-refractivity contribution in [2.24, 2.45) is 0 Å². The van der Waals surface area contributed by atoms with Crippen LogP contribution in [0.5, 0.6) is 0 Å². The molecule has 128 valence electrons. The lowest BCUT2D eigenvalue weighted by Gasteiger charge is -2.24. The van der Waals surface area contributed by atoms with Crippen molar-refractivity contribution in [3.8, 4) is 0 Å². The van der Waals surface area contributed by atoms with Crippen LogP contribution in [0.3, 0.4) is 0 Å². The second-order valence-corrected chi connectivity index (χ2v) is 6.92. The molecule has 0 saturated heterocycles. The standard InChI is InChI=1S/C17H21ClN3O2S/c1-3-20(16(23)7-10-24-9-6-13(2)22)15-12-21(17(15)18)14-5-4-8-19-11-14/h4-5,8,11-12H,3,6-7,9-10H2,1-2H3/q+1. The molecular formula is C17H21ClN3O2S+. The maximum absolute atomic E-state index is 12.4. The molecule has 5 nitrogen and oxygen atoms in total. The number of nitrogens with zero attached hydrogens (tertiary/aromatic N) is 3. The topological polar surface area (TPSA) is 53.3 Å². The first kappa shape index (κ1) is 18.7. The molecule has 1 aliphatic rings. The van der Waals surface area contributed by atoms with Crippen molar-refractivity contribution in [2.45, 2.75) is 26.7 Å². The third-order valence-electron chi connectivity index (χ3n) is 3.57. The molecule has 1 amide bonds. The molecule has 0 atom stereocenters. The van der Waals surface area contributed by atoms with Crippen LogP contribution in [0, 0.1) is 0 Å². The highest BCUT2D eigenvalue weighted by molar-refractivity contribution is 7.99. The van der Waals surface area contributed by atoms with Gasteiger partial charge >= 0.3 is 5.17 Å².